The van der Waals surface area contributed by atoms with Gasteiger partial charge in [-0.2, -0.15) is 0 Å². The summed E-state index contributed by atoms with van der Waals surface area (Å²) in [5.74, 6) is 0.551. The summed E-state index contributed by atoms with van der Waals surface area (Å²) in [4.78, 5) is 0. The Bertz CT molecular complexity index is 290. The monoisotopic (exact) mass is 322 g/mol. The first-order valence-corrected chi connectivity index (χ1v) is 12.3. The predicted octanol–water partition coefficient (Wildman–Crippen LogP) is 2.85. The summed E-state index contributed by atoms with van der Waals surface area (Å²) in [6.45, 7) is 0. The van der Waals surface area contributed by atoms with Crippen LogP contribution in [0.2, 0.25) is 0 Å². The maximum atomic E-state index is 11.5. The molecule has 0 aromatic heterocycles. The molecule has 2 rings (SSSR count). The molecule has 0 atom stereocenters. The molecule has 2 N–H and O–H groups in total. The van der Waals surface area contributed by atoms with Crippen LogP contribution in [0.1, 0.15) is 64.2 Å². The Kier molecular flexibility index (Phi) is 4.73. The van der Waals surface area contributed by atoms with Crippen molar-refractivity contribution in [2.75, 3.05) is 0 Å². The summed E-state index contributed by atoms with van der Waals surface area (Å²) >= 11 is -4.57. The Morgan fingerprint density at radius 2 is 1.47 bits per heavy atom. The van der Waals surface area contributed by atoms with Gasteiger partial charge in [0, 0.05) is 0 Å². The van der Waals surface area contributed by atoms with Crippen molar-refractivity contribution in [3.63, 3.8) is 0 Å². The van der Waals surface area contributed by atoms with Crippen LogP contribution in [-0.4, -0.2) is 26.0 Å². The van der Waals surface area contributed by atoms with E-state index in [2.05, 4.69) is 0 Å². The van der Waals surface area contributed by atoms with Crippen molar-refractivity contribution in [3.05, 3.63) is 0 Å². The van der Waals surface area contributed by atoms with E-state index in [-0.39, 0.29) is 4.75 Å². The fourth-order valence-electron chi connectivity index (χ4n) is 3.59. The molecule has 0 aromatic rings. The van der Waals surface area contributed by atoms with Crippen LogP contribution in [0.5, 0.6) is 0 Å². The van der Waals surface area contributed by atoms with Gasteiger partial charge in [0.05, 0.1) is 0 Å². The van der Waals surface area contributed by atoms with Gasteiger partial charge in [0.2, 0.25) is 0 Å². The van der Waals surface area contributed by atoms with Gasteiger partial charge < -0.3 is 0 Å². The molecule has 0 spiro atoms. The van der Waals surface area contributed by atoms with Crippen LogP contribution in [0.15, 0.2) is 0 Å². The fraction of sp³-hybridized carbons (Fsp3) is 1.00. The van der Waals surface area contributed by atoms with Crippen LogP contribution in [0.3, 0.4) is 0 Å². The van der Waals surface area contributed by atoms with Gasteiger partial charge in [0.1, 0.15) is 0 Å². The van der Waals surface area contributed by atoms with Crippen molar-refractivity contribution in [2.24, 2.45) is 5.92 Å². The second-order valence-electron chi connectivity index (χ2n) is 5.54. The zero-order valence-corrected chi connectivity index (χ0v) is 13.0. The molecular weight excluding hydrogens is 299 g/mol. The van der Waals surface area contributed by atoms with Crippen LogP contribution in [0.4, 0.5) is 0 Å². The normalized spacial score (nSPS) is 26.9. The van der Waals surface area contributed by atoms with E-state index in [9.17, 15) is 11.9 Å². The Morgan fingerprint density at radius 1 is 0.941 bits per heavy atom. The van der Waals surface area contributed by atoms with Gasteiger partial charge >= 0.3 is 110 Å². The molecule has 2 aliphatic carbocycles. The van der Waals surface area contributed by atoms with E-state index >= 15 is 0 Å². The molecule has 3 nitrogen and oxygen atoms in total. The van der Waals surface area contributed by atoms with E-state index in [0.29, 0.717) is 5.92 Å². The summed E-state index contributed by atoms with van der Waals surface area (Å²) in [7, 11) is 1.06. The van der Waals surface area contributed by atoms with Gasteiger partial charge in [0.25, 0.3) is 0 Å². The number of hydrogen-bond donors (Lipinski definition) is 2. The summed E-state index contributed by atoms with van der Waals surface area (Å²) in [6, 6.07) is 0. The molecule has 0 heterocycles. The van der Waals surface area contributed by atoms with Gasteiger partial charge in [0.15, 0.2) is 0 Å². The molecule has 2 saturated carbocycles. The van der Waals surface area contributed by atoms with Gasteiger partial charge in [-0.05, 0) is 0 Å². The van der Waals surface area contributed by atoms with Gasteiger partial charge in [-0.25, -0.2) is 0 Å². The Labute approximate surface area is 110 Å². The Hall–Kier alpha value is 0.628. The van der Waals surface area contributed by atoms with Crippen molar-refractivity contribution in [1.29, 1.82) is 0 Å². The zero-order chi connectivity index (χ0) is 12.4. The molecule has 0 aromatic carbocycles. The Morgan fingerprint density at radius 3 is 2.00 bits per heavy atom. The second-order valence-corrected chi connectivity index (χ2v) is 12.2. The molecule has 0 amide bonds. The van der Waals surface area contributed by atoms with Gasteiger partial charge in [-0.3, -0.25) is 0 Å². The van der Waals surface area contributed by atoms with Crippen molar-refractivity contribution in [1.82, 2.24) is 0 Å². The summed E-state index contributed by atoms with van der Waals surface area (Å²) in [5.41, 5.74) is 0. The molecule has 17 heavy (non-hydrogen) atoms. The molecule has 2 fully saturated rings. The number of rotatable bonds is 3. The van der Waals surface area contributed by atoms with Crippen molar-refractivity contribution >= 4 is 23.0 Å². The maximum absolute atomic E-state index is 11.5. The van der Waals surface area contributed by atoms with Crippen LogP contribution in [0.25, 0.3) is 0 Å². The van der Waals surface area contributed by atoms with E-state index in [1.54, 1.807) is 0 Å². The van der Waals surface area contributed by atoms with Crippen LogP contribution in [0, 0.1) is 5.92 Å². The minimum atomic E-state index is -4.57. The first-order chi connectivity index (χ1) is 8.02. The van der Waals surface area contributed by atoms with E-state index in [0.717, 1.165) is 35.7 Å². The molecule has 5 heteroatoms. The van der Waals surface area contributed by atoms with E-state index in [1.165, 1.54) is 38.5 Å². The average Bonchev–Trinajstić information content (AvgIpc) is 2.29. The molecule has 100 valence electrons. The fourth-order valence-corrected chi connectivity index (χ4v) is 9.99. The summed E-state index contributed by atoms with van der Waals surface area (Å²) < 4.78 is 30.2. The third-order valence-corrected chi connectivity index (χ3v) is 9.48. The van der Waals surface area contributed by atoms with Crippen molar-refractivity contribution < 1.29 is 11.9 Å². The van der Waals surface area contributed by atoms with Crippen LogP contribution < -0.4 is 0 Å². The van der Waals surface area contributed by atoms with Crippen LogP contribution in [-0.2, 0) is 3.74 Å². The number of hydrogen-bond acceptors (Lipinski definition) is 2. The zero-order valence-electron chi connectivity index (χ0n) is 10.3. The van der Waals surface area contributed by atoms with E-state index in [1.807, 2.05) is 0 Å². The standard InChI is InChI=1S/C12H23AsO3S/c14-13(15,16)17-12(9-5-2-6-10-12)11-7-3-1-4-8-11/h11H,1-10H2,(H2,14,15,16). The SMILES string of the molecule is O=[As](O)(O)SC1(C2CCCCC2)CCCCC1. The molecular formula is C12H23AsO3S. The van der Waals surface area contributed by atoms with Gasteiger partial charge in [-0.1, -0.05) is 0 Å². The third kappa shape index (κ3) is 3.79. The van der Waals surface area contributed by atoms with Crippen molar-refractivity contribution in [3.8, 4) is 0 Å². The first-order valence-electron chi connectivity index (χ1n) is 6.78. The third-order valence-electron chi connectivity index (χ3n) is 4.35. The van der Waals surface area contributed by atoms with E-state index in [4.69, 9.17) is 0 Å². The molecule has 2 aliphatic rings. The predicted molar refractivity (Wildman–Crippen MR) is 70.9 cm³/mol. The van der Waals surface area contributed by atoms with Crippen molar-refractivity contribution in [2.45, 2.75) is 69.0 Å². The molecule has 0 saturated heterocycles. The summed E-state index contributed by atoms with van der Waals surface area (Å²) in [5, 5.41) is 0. The Balaban J connectivity index is 2.12. The quantitative estimate of drug-likeness (QED) is 0.785. The first kappa shape index (κ1) is 14.0. The minimum absolute atomic E-state index is 0.0864. The summed E-state index contributed by atoms with van der Waals surface area (Å²) in [6.07, 6.45) is 11.8. The van der Waals surface area contributed by atoms with Crippen LogP contribution >= 0.6 is 10.0 Å². The topological polar surface area (TPSA) is 57.5 Å². The molecule has 0 aliphatic heterocycles. The molecule has 0 bridgehead atoms. The van der Waals surface area contributed by atoms with E-state index < -0.39 is 13.0 Å². The second kappa shape index (κ2) is 5.73. The molecule has 0 radical (unpaired) electrons. The van der Waals surface area contributed by atoms with Gasteiger partial charge in [-0.15, -0.1) is 0 Å². The molecule has 0 unspecified atom stereocenters. The average molecular weight is 322 g/mol.